The number of rotatable bonds is 4. The number of hydrogen-bond donors (Lipinski definition) is 2. The van der Waals surface area contributed by atoms with Crippen LogP contribution in [0.5, 0.6) is 0 Å². The smallest absolute Gasteiger partial charge is 0.342 e. The first-order chi connectivity index (χ1) is 14.8. The van der Waals surface area contributed by atoms with Gasteiger partial charge in [-0.15, -0.1) is 12.4 Å². The van der Waals surface area contributed by atoms with Crippen LogP contribution < -0.4 is 10.6 Å². The number of alkyl halides is 3. The van der Waals surface area contributed by atoms with E-state index in [1.54, 1.807) is 0 Å². The lowest BCUT2D eigenvalue weighted by atomic mass is 9.67. The summed E-state index contributed by atoms with van der Waals surface area (Å²) in [5, 5.41) is 7.86. The molecule has 32 heavy (non-hydrogen) atoms. The van der Waals surface area contributed by atoms with Crippen molar-refractivity contribution in [3.8, 4) is 0 Å². The quantitative estimate of drug-likeness (QED) is 0.513. The molecule has 3 aromatic rings. The summed E-state index contributed by atoms with van der Waals surface area (Å²) in [5.74, 6) is -0.170. The summed E-state index contributed by atoms with van der Waals surface area (Å²) in [7, 11) is 0. The van der Waals surface area contributed by atoms with Crippen LogP contribution in [0.2, 0.25) is 5.02 Å². The molecule has 2 saturated heterocycles. The van der Waals surface area contributed by atoms with E-state index in [0.29, 0.717) is 5.92 Å². The predicted octanol–water partition coefficient (Wildman–Crippen LogP) is 5.55. The van der Waals surface area contributed by atoms with Crippen LogP contribution in [-0.2, 0) is 6.18 Å². The Morgan fingerprint density at radius 3 is 2.53 bits per heavy atom. The maximum atomic E-state index is 13.2. The largest absolute Gasteiger partial charge is 0.417 e. The number of hydrogen-bond acceptors (Lipinski definition) is 3. The van der Waals surface area contributed by atoms with Crippen molar-refractivity contribution in [2.24, 2.45) is 5.92 Å². The number of aromatic nitrogens is 1. The third kappa shape index (κ3) is 3.83. The SMILES string of the molecule is Cl.O=C(NC(c1ccc2ccccc2c1)C12CC(CN1)C2)c1nccc(C(F)(F)F)c1Cl. The summed E-state index contributed by atoms with van der Waals surface area (Å²) in [6.45, 7) is 0.864. The lowest BCUT2D eigenvalue weighted by Gasteiger charge is -2.44. The predicted molar refractivity (Wildman–Crippen MR) is 119 cm³/mol. The zero-order valence-corrected chi connectivity index (χ0v) is 18.3. The van der Waals surface area contributed by atoms with E-state index in [2.05, 4.69) is 15.6 Å². The number of carbonyl (C=O) groups excluding carboxylic acids is 1. The number of carbonyl (C=O) groups is 1. The molecule has 168 valence electrons. The highest BCUT2D eigenvalue weighted by atomic mass is 35.5. The Bertz CT molecular complexity index is 1170. The summed E-state index contributed by atoms with van der Waals surface area (Å²) in [4.78, 5) is 16.9. The molecule has 0 spiro atoms. The molecule has 3 heterocycles. The summed E-state index contributed by atoms with van der Waals surface area (Å²) < 4.78 is 39.7. The van der Waals surface area contributed by atoms with Gasteiger partial charge in [-0.1, -0.05) is 48.0 Å². The first-order valence-corrected chi connectivity index (χ1v) is 10.4. The normalized spacial score (nSPS) is 22.7. The number of amides is 1. The van der Waals surface area contributed by atoms with Gasteiger partial charge in [-0.2, -0.15) is 13.2 Å². The van der Waals surface area contributed by atoms with Crippen LogP contribution in [0, 0.1) is 5.92 Å². The van der Waals surface area contributed by atoms with Crippen LogP contribution >= 0.6 is 24.0 Å². The van der Waals surface area contributed by atoms with Crippen molar-refractivity contribution in [3.63, 3.8) is 0 Å². The van der Waals surface area contributed by atoms with Gasteiger partial charge in [0.1, 0.15) is 5.69 Å². The highest BCUT2D eigenvalue weighted by molar-refractivity contribution is 6.34. The van der Waals surface area contributed by atoms with Crippen molar-refractivity contribution in [2.75, 3.05) is 6.54 Å². The Balaban J connectivity index is 0.00000245. The highest BCUT2D eigenvalue weighted by Crippen LogP contribution is 2.51. The summed E-state index contributed by atoms with van der Waals surface area (Å²) in [6, 6.07) is 14.2. The van der Waals surface area contributed by atoms with E-state index in [1.165, 1.54) is 0 Å². The van der Waals surface area contributed by atoms with Gasteiger partial charge in [0.2, 0.25) is 0 Å². The van der Waals surface area contributed by atoms with Gasteiger partial charge in [-0.3, -0.25) is 4.79 Å². The minimum atomic E-state index is -4.67. The third-order valence-corrected chi connectivity index (χ3v) is 6.78. The van der Waals surface area contributed by atoms with Gasteiger partial charge in [0.05, 0.1) is 16.6 Å². The molecule has 2 bridgehead atoms. The molecule has 0 radical (unpaired) electrons. The lowest BCUT2D eigenvalue weighted by Crippen LogP contribution is -2.54. The van der Waals surface area contributed by atoms with Gasteiger partial charge in [0, 0.05) is 11.7 Å². The molecule has 2 aromatic carbocycles. The number of pyridine rings is 1. The fraction of sp³-hybridized carbons (Fsp3) is 0.304. The van der Waals surface area contributed by atoms with Crippen LogP contribution in [0.3, 0.4) is 0 Å². The van der Waals surface area contributed by atoms with E-state index in [9.17, 15) is 18.0 Å². The second kappa shape index (κ2) is 8.21. The fourth-order valence-corrected chi connectivity index (χ4v) is 5.20. The van der Waals surface area contributed by atoms with Gasteiger partial charge < -0.3 is 10.6 Å². The van der Waals surface area contributed by atoms with Crippen molar-refractivity contribution < 1.29 is 18.0 Å². The van der Waals surface area contributed by atoms with Crippen molar-refractivity contribution in [3.05, 3.63) is 76.6 Å². The zero-order valence-electron chi connectivity index (χ0n) is 16.7. The number of halogens is 5. The zero-order chi connectivity index (χ0) is 21.8. The first-order valence-electron chi connectivity index (χ1n) is 10.0. The Kier molecular flexibility index (Phi) is 5.86. The number of fused-ring (bicyclic) bond motifs is 2. The molecule has 1 amide bonds. The topological polar surface area (TPSA) is 54.0 Å². The molecule has 2 aliphatic heterocycles. The van der Waals surface area contributed by atoms with Crippen molar-refractivity contribution in [2.45, 2.75) is 30.6 Å². The minimum Gasteiger partial charge on any atom is -0.342 e. The van der Waals surface area contributed by atoms with Crippen molar-refractivity contribution in [1.29, 1.82) is 0 Å². The number of benzene rings is 2. The lowest BCUT2D eigenvalue weighted by molar-refractivity contribution is -0.137. The molecule has 1 aliphatic carbocycles. The molecule has 1 unspecified atom stereocenters. The minimum absolute atomic E-state index is 0. The standard InChI is InChI=1S/C23H19ClF3N3O.ClH/c24-18-17(23(25,26)27)7-8-28-19(18)21(31)30-20(22-10-13(11-22)12-29-22)16-6-5-14-3-1-2-4-15(14)9-16;/h1-9,13,20,29H,10-12H2,(H,30,31);1H. The molecule has 1 saturated carbocycles. The molecule has 3 fully saturated rings. The Morgan fingerprint density at radius 2 is 1.88 bits per heavy atom. The molecular formula is C23H20Cl2F3N3O. The fourth-order valence-electron chi connectivity index (χ4n) is 4.89. The molecule has 1 atom stereocenters. The average Bonchev–Trinajstić information content (AvgIpc) is 3.32. The van der Waals surface area contributed by atoms with Crippen molar-refractivity contribution >= 4 is 40.7 Å². The van der Waals surface area contributed by atoms with Crippen LogP contribution in [0.1, 0.15) is 40.5 Å². The summed E-state index contributed by atoms with van der Waals surface area (Å²) in [5.41, 5.74) is -0.926. The van der Waals surface area contributed by atoms with Crippen molar-refractivity contribution in [1.82, 2.24) is 15.6 Å². The van der Waals surface area contributed by atoms with E-state index < -0.39 is 34.4 Å². The molecule has 6 rings (SSSR count). The first kappa shape index (κ1) is 22.8. The number of nitrogens with zero attached hydrogens (tertiary/aromatic N) is 1. The Morgan fingerprint density at radius 1 is 1.16 bits per heavy atom. The van der Waals surface area contributed by atoms with E-state index in [4.69, 9.17) is 11.6 Å². The van der Waals surface area contributed by atoms with Crippen LogP contribution in [0.25, 0.3) is 10.8 Å². The van der Waals surface area contributed by atoms with E-state index in [-0.39, 0.29) is 17.9 Å². The molecule has 9 heteroatoms. The summed E-state index contributed by atoms with van der Waals surface area (Å²) in [6.07, 6.45) is -1.91. The average molecular weight is 482 g/mol. The summed E-state index contributed by atoms with van der Waals surface area (Å²) >= 11 is 5.94. The van der Waals surface area contributed by atoms with Crippen LogP contribution in [-0.4, -0.2) is 23.0 Å². The van der Waals surface area contributed by atoms with E-state index in [1.807, 2.05) is 42.5 Å². The maximum absolute atomic E-state index is 13.2. The molecule has 1 aromatic heterocycles. The van der Waals surface area contributed by atoms with Gasteiger partial charge in [0.15, 0.2) is 0 Å². The molecule has 2 N–H and O–H groups in total. The Labute approximate surface area is 194 Å². The maximum Gasteiger partial charge on any atom is 0.417 e. The van der Waals surface area contributed by atoms with Gasteiger partial charge >= 0.3 is 6.18 Å². The van der Waals surface area contributed by atoms with E-state index in [0.717, 1.165) is 48.0 Å². The molecule has 4 nitrogen and oxygen atoms in total. The van der Waals surface area contributed by atoms with E-state index >= 15 is 0 Å². The highest BCUT2D eigenvalue weighted by Gasteiger charge is 2.55. The van der Waals surface area contributed by atoms with Gasteiger partial charge in [-0.25, -0.2) is 4.98 Å². The van der Waals surface area contributed by atoms with Crippen LogP contribution in [0.4, 0.5) is 13.2 Å². The molecule has 3 aliphatic rings. The van der Waals surface area contributed by atoms with Gasteiger partial charge in [0.25, 0.3) is 5.91 Å². The number of nitrogens with one attached hydrogen (secondary N) is 2. The molecular weight excluding hydrogens is 462 g/mol. The van der Waals surface area contributed by atoms with Crippen LogP contribution in [0.15, 0.2) is 54.7 Å². The monoisotopic (exact) mass is 481 g/mol. The second-order valence-corrected chi connectivity index (χ2v) is 8.72. The Hall–Kier alpha value is -2.35. The third-order valence-electron chi connectivity index (χ3n) is 6.39. The van der Waals surface area contributed by atoms with Gasteiger partial charge in [-0.05, 0) is 53.8 Å². The second-order valence-electron chi connectivity index (χ2n) is 8.34.